The Morgan fingerprint density at radius 1 is 1.53 bits per heavy atom. The highest BCUT2D eigenvalue weighted by atomic mass is 79.9. The van der Waals surface area contributed by atoms with E-state index in [4.69, 9.17) is 11.6 Å². The first-order valence-corrected chi connectivity index (χ1v) is 7.85. The molecule has 0 aromatic heterocycles. The Morgan fingerprint density at radius 2 is 2.11 bits per heavy atom. The number of alkyl halides is 2. The normalized spacial score (nSPS) is 14.7. The quantitative estimate of drug-likeness (QED) is 0.343. The van der Waals surface area contributed by atoms with Gasteiger partial charge in [0, 0.05) is 17.7 Å². The van der Waals surface area contributed by atoms with Crippen molar-refractivity contribution in [2.24, 2.45) is 0 Å². The number of carbonyl (C=O) groups is 1. The summed E-state index contributed by atoms with van der Waals surface area (Å²) in [5, 5.41) is 10.6. The van der Waals surface area contributed by atoms with Crippen LogP contribution in [0.15, 0.2) is 24.3 Å². The number of nitrogens with zero attached hydrogens (tertiary/aromatic N) is 1. The number of non-ortho nitro benzene ring substituents is 1. The van der Waals surface area contributed by atoms with Crippen LogP contribution in [0.3, 0.4) is 0 Å². The fraction of sp³-hybridized carbons (Fsp3) is 0.300. The Kier molecular flexibility index (Phi) is 4.70. The smallest absolute Gasteiger partial charge is 0.270 e. The lowest BCUT2D eigenvalue weighted by Gasteiger charge is -2.17. The van der Waals surface area contributed by atoms with Gasteiger partial charge in [0.1, 0.15) is 0 Å². The van der Waals surface area contributed by atoms with Gasteiger partial charge in [-0.05, 0) is 15.9 Å². The molecule has 0 radical (unpaired) electrons. The number of ketones is 1. The second-order valence-electron chi connectivity index (χ2n) is 3.56. The van der Waals surface area contributed by atoms with Gasteiger partial charge in [0.05, 0.1) is 10.7 Å². The number of benzene rings is 1. The molecule has 9 heteroatoms. The van der Waals surface area contributed by atoms with Crippen molar-refractivity contribution in [1.82, 2.24) is 0 Å². The number of nitro groups is 1. The van der Waals surface area contributed by atoms with Gasteiger partial charge in [-0.15, -0.1) is 0 Å². The van der Waals surface area contributed by atoms with Gasteiger partial charge in [0.15, 0.2) is 9.84 Å². The van der Waals surface area contributed by atoms with Crippen LogP contribution in [0.25, 0.3) is 0 Å². The van der Waals surface area contributed by atoms with Crippen molar-refractivity contribution >= 4 is 48.8 Å². The van der Waals surface area contributed by atoms with Gasteiger partial charge in [-0.2, -0.15) is 0 Å². The van der Waals surface area contributed by atoms with Crippen LogP contribution in [0.1, 0.15) is 17.3 Å². The number of nitro benzene ring substituents is 1. The minimum Gasteiger partial charge on any atom is -0.290 e. The van der Waals surface area contributed by atoms with Gasteiger partial charge in [0.25, 0.3) is 8.80 Å². The molecule has 6 nitrogen and oxygen atoms in total. The lowest BCUT2D eigenvalue weighted by molar-refractivity contribution is -0.384. The van der Waals surface area contributed by atoms with Crippen LogP contribution < -0.4 is 0 Å². The van der Waals surface area contributed by atoms with Crippen molar-refractivity contribution in [1.29, 1.82) is 0 Å². The van der Waals surface area contributed by atoms with E-state index in [-0.39, 0.29) is 17.0 Å². The van der Waals surface area contributed by atoms with Gasteiger partial charge < -0.3 is 0 Å². The minimum absolute atomic E-state index is 0.155. The van der Waals surface area contributed by atoms with Crippen LogP contribution in [0, 0.1) is 10.1 Å². The Bertz CT molecular complexity index is 629. The third-order valence-corrected chi connectivity index (χ3v) is 6.80. The molecule has 0 saturated heterocycles. The summed E-state index contributed by atoms with van der Waals surface area (Å²) in [6, 6.07) is 4.71. The zero-order valence-electron chi connectivity index (χ0n) is 9.67. The lowest BCUT2D eigenvalue weighted by Crippen LogP contribution is -2.36. The van der Waals surface area contributed by atoms with Gasteiger partial charge >= 0.3 is 0 Å². The number of rotatable bonds is 5. The van der Waals surface area contributed by atoms with Crippen LogP contribution in [-0.2, 0) is 9.84 Å². The second kappa shape index (κ2) is 5.56. The molecule has 19 heavy (non-hydrogen) atoms. The van der Waals surface area contributed by atoms with E-state index in [1.54, 1.807) is 0 Å². The average molecular weight is 371 g/mol. The first-order chi connectivity index (χ1) is 8.63. The van der Waals surface area contributed by atoms with E-state index < -0.39 is 23.7 Å². The molecule has 1 atom stereocenters. The summed E-state index contributed by atoms with van der Waals surface area (Å²) in [7, 11) is -3.92. The largest absolute Gasteiger partial charge is 0.290 e. The molecule has 1 unspecified atom stereocenters. The molecule has 104 valence electrons. The molecule has 0 amide bonds. The zero-order chi connectivity index (χ0) is 14.8. The molecule has 1 aromatic carbocycles. The predicted octanol–water partition coefficient (Wildman–Crippen LogP) is 2.50. The summed E-state index contributed by atoms with van der Waals surface area (Å²) in [6.07, 6.45) is 0. The van der Waals surface area contributed by atoms with Crippen molar-refractivity contribution in [2.75, 3.05) is 5.75 Å². The maximum atomic E-state index is 12.1. The predicted molar refractivity (Wildman–Crippen MR) is 74.4 cm³/mol. The van der Waals surface area contributed by atoms with Crippen LogP contribution in [0.4, 0.5) is 5.69 Å². The van der Waals surface area contributed by atoms with Crippen LogP contribution >= 0.6 is 27.5 Å². The molecule has 0 saturated carbocycles. The molecule has 0 aliphatic heterocycles. The number of hydrogen-bond acceptors (Lipinski definition) is 5. The first-order valence-electron chi connectivity index (χ1n) is 5.03. The van der Waals surface area contributed by atoms with Crippen LogP contribution in [0.5, 0.6) is 0 Å². The molecule has 0 aliphatic carbocycles. The molecule has 1 aromatic rings. The molecule has 1 rings (SSSR count). The molecule has 0 heterocycles. The van der Waals surface area contributed by atoms with E-state index in [9.17, 15) is 23.3 Å². The molecule has 0 bridgehead atoms. The number of carbonyl (C=O) groups excluding carboxylic acids is 1. The number of hydrogen-bond donors (Lipinski definition) is 0. The lowest BCUT2D eigenvalue weighted by atomic mass is 10.1. The molecule has 0 N–H and O–H groups in total. The van der Waals surface area contributed by atoms with Crippen LogP contribution in [-0.4, -0.2) is 28.0 Å². The van der Waals surface area contributed by atoms with Crippen molar-refractivity contribution < 1.29 is 18.1 Å². The monoisotopic (exact) mass is 369 g/mol. The number of Topliss-reactive ketones (excluding diaryl/α,β-unsaturated/α-hetero) is 1. The second-order valence-corrected chi connectivity index (χ2v) is 8.94. The highest BCUT2D eigenvalue weighted by Crippen LogP contribution is 2.35. The Balaban J connectivity index is 3.28. The Hall–Kier alpha value is -0.990. The van der Waals surface area contributed by atoms with Gasteiger partial charge in [-0.1, -0.05) is 30.7 Å². The van der Waals surface area contributed by atoms with E-state index in [0.29, 0.717) is 0 Å². The molecule has 0 aliphatic rings. The molecule has 0 fully saturated rings. The fourth-order valence-electron chi connectivity index (χ4n) is 1.25. The number of sulfone groups is 1. The van der Waals surface area contributed by atoms with Crippen molar-refractivity contribution in [3.05, 3.63) is 39.9 Å². The number of halogens is 2. The maximum Gasteiger partial charge on any atom is 0.270 e. The summed E-state index contributed by atoms with van der Waals surface area (Å²) in [6.45, 7) is 1.34. The van der Waals surface area contributed by atoms with E-state index in [1.165, 1.54) is 25.1 Å². The Morgan fingerprint density at radius 3 is 2.58 bits per heavy atom. The third kappa shape index (κ3) is 3.13. The highest BCUT2D eigenvalue weighted by molar-refractivity contribution is 9.12. The highest BCUT2D eigenvalue weighted by Gasteiger charge is 2.46. The molecule has 0 spiro atoms. The topological polar surface area (TPSA) is 94.3 Å². The average Bonchev–Trinajstić information content (AvgIpc) is 2.37. The SMILES string of the molecule is CCS(=O)(=O)C(Cl)(Br)C(=O)c1cccc([N+](=O)[O-])c1. The summed E-state index contributed by atoms with van der Waals surface area (Å²) >= 11 is 8.44. The molecular weight excluding hydrogens is 362 g/mol. The summed E-state index contributed by atoms with van der Waals surface area (Å²) < 4.78 is 21.1. The van der Waals surface area contributed by atoms with Gasteiger partial charge in [-0.25, -0.2) is 8.42 Å². The van der Waals surface area contributed by atoms with Gasteiger partial charge in [0.2, 0.25) is 5.78 Å². The van der Waals surface area contributed by atoms with E-state index in [2.05, 4.69) is 15.9 Å². The molecular formula is C10H9BrClNO5S. The Labute approximate surface area is 123 Å². The van der Waals surface area contributed by atoms with Crippen molar-refractivity contribution in [3.63, 3.8) is 0 Å². The summed E-state index contributed by atoms with van der Waals surface area (Å²) in [5.41, 5.74) is -0.474. The van der Waals surface area contributed by atoms with E-state index in [1.807, 2.05) is 0 Å². The summed E-state index contributed by atoms with van der Waals surface area (Å²) in [4.78, 5) is 22.0. The minimum atomic E-state index is -3.92. The van der Waals surface area contributed by atoms with Crippen LogP contribution in [0.2, 0.25) is 0 Å². The fourth-order valence-corrected chi connectivity index (χ4v) is 3.37. The summed E-state index contributed by atoms with van der Waals surface area (Å²) in [5.74, 6) is -1.30. The maximum absolute atomic E-state index is 12.1. The van der Waals surface area contributed by atoms with E-state index in [0.717, 1.165) is 6.07 Å². The van der Waals surface area contributed by atoms with E-state index >= 15 is 0 Å². The van der Waals surface area contributed by atoms with Gasteiger partial charge in [-0.3, -0.25) is 14.9 Å². The third-order valence-electron chi connectivity index (χ3n) is 2.35. The standard InChI is InChI=1S/C10H9BrClNO5S/c1-2-19(17,18)10(11,12)9(14)7-4-3-5-8(6-7)13(15)16/h3-6H,2H2,1H3. The van der Waals surface area contributed by atoms with Crippen molar-refractivity contribution in [3.8, 4) is 0 Å². The van der Waals surface area contributed by atoms with Crippen molar-refractivity contribution in [2.45, 2.75) is 10.0 Å². The first kappa shape index (κ1) is 16.1. The zero-order valence-corrected chi connectivity index (χ0v) is 12.8.